The predicted octanol–water partition coefficient (Wildman–Crippen LogP) is 8.80. The minimum atomic E-state index is -5.00. The van der Waals surface area contributed by atoms with Gasteiger partial charge in [-0.15, -0.1) is 0 Å². The molecule has 1 N–H and O–H groups in total. The van der Waals surface area contributed by atoms with E-state index < -0.39 is 40.8 Å². The number of alkyl halides is 6. The van der Waals surface area contributed by atoms with E-state index in [0.29, 0.717) is 30.9 Å². The summed E-state index contributed by atoms with van der Waals surface area (Å²) in [6, 6.07) is 17.6. The van der Waals surface area contributed by atoms with Crippen molar-refractivity contribution in [2.24, 2.45) is 0 Å². The highest BCUT2D eigenvalue weighted by atomic mass is 19.4. The predicted molar refractivity (Wildman–Crippen MR) is 153 cm³/mol. The van der Waals surface area contributed by atoms with Gasteiger partial charge in [-0.05, 0) is 111 Å². The van der Waals surface area contributed by atoms with Crippen LogP contribution in [0.2, 0.25) is 0 Å². The second-order valence-corrected chi connectivity index (χ2v) is 12.1. The number of nitrogens with one attached hydrogen (secondary N) is 1. The Bertz CT molecular complexity index is 1390. The van der Waals surface area contributed by atoms with Gasteiger partial charge in [0.05, 0.1) is 22.6 Å². The zero-order valence-electron chi connectivity index (χ0n) is 24.3. The first-order chi connectivity index (χ1) is 20.7. The molecule has 1 atom stereocenters. The Hall–Kier alpha value is -3.40. The largest absolute Gasteiger partial charge is 0.416 e. The van der Waals surface area contributed by atoms with Crippen molar-refractivity contribution in [1.29, 1.82) is 0 Å². The van der Waals surface area contributed by atoms with Crippen LogP contribution in [0.25, 0.3) is 0 Å². The van der Waals surface area contributed by atoms with Gasteiger partial charge >= 0.3 is 12.4 Å². The molecule has 3 aromatic rings. The number of nitrogens with zero attached hydrogens (tertiary/aromatic N) is 1. The molecule has 2 fully saturated rings. The van der Waals surface area contributed by atoms with Gasteiger partial charge in [0.2, 0.25) is 5.91 Å². The molecule has 5 rings (SSSR count). The number of halogens is 7. The molecule has 1 saturated heterocycles. The molecule has 3 aromatic carbocycles. The van der Waals surface area contributed by atoms with E-state index in [1.165, 1.54) is 19.1 Å². The molecular weight excluding hydrogens is 585 g/mol. The molecule has 2 aliphatic rings. The lowest BCUT2D eigenvalue weighted by molar-refractivity contribution is -0.143. The normalized spacial score (nSPS) is 22.9. The Morgan fingerprint density at radius 3 is 1.89 bits per heavy atom. The molecule has 0 aromatic heterocycles. The molecule has 0 radical (unpaired) electrons. The van der Waals surface area contributed by atoms with Gasteiger partial charge in [0.15, 0.2) is 0 Å². The summed E-state index contributed by atoms with van der Waals surface area (Å²) in [4.78, 5) is 16.0. The molecule has 3 nitrogen and oxygen atoms in total. The number of hydrogen-bond donors (Lipinski definition) is 1. The Kier molecular flexibility index (Phi) is 9.12. The molecule has 0 bridgehead atoms. The Morgan fingerprint density at radius 1 is 0.818 bits per heavy atom. The Labute approximate surface area is 252 Å². The second-order valence-electron chi connectivity index (χ2n) is 12.1. The average molecular weight is 621 g/mol. The van der Waals surface area contributed by atoms with Gasteiger partial charge in [-0.1, -0.05) is 42.5 Å². The van der Waals surface area contributed by atoms with Gasteiger partial charge in [-0.2, -0.15) is 26.3 Å². The van der Waals surface area contributed by atoms with Crippen LogP contribution < -0.4 is 5.32 Å². The van der Waals surface area contributed by atoms with Crippen LogP contribution >= 0.6 is 0 Å². The molecule has 1 saturated carbocycles. The van der Waals surface area contributed by atoms with Crippen molar-refractivity contribution < 1.29 is 35.5 Å². The van der Waals surface area contributed by atoms with E-state index in [4.69, 9.17) is 0 Å². The van der Waals surface area contributed by atoms with Crippen LogP contribution in [0.15, 0.2) is 72.8 Å². The van der Waals surface area contributed by atoms with Crippen molar-refractivity contribution in [2.45, 2.75) is 81.2 Å². The van der Waals surface area contributed by atoms with Crippen LogP contribution in [0.4, 0.5) is 30.7 Å². The molecule has 10 heteroatoms. The lowest BCUT2D eigenvalue weighted by Crippen LogP contribution is -2.53. The van der Waals surface area contributed by atoms with Crippen molar-refractivity contribution in [3.8, 4) is 0 Å². The molecule has 1 aliphatic heterocycles. The molecule has 1 heterocycles. The number of carbonyl (C=O) groups is 1. The quantitative estimate of drug-likeness (QED) is 0.280. The van der Waals surface area contributed by atoms with Crippen LogP contribution in [0.3, 0.4) is 0 Å². The number of rotatable bonds is 6. The third-order valence-electron chi connectivity index (χ3n) is 9.39. The summed E-state index contributed by atoms with van der Waals surface area (Å²) in [6.45, 7) is 3.12. The lowest BCUT2D eigenvalue weighted by atomic mass is 9.73. The van der Waals surface area contributed by atoms with Gasteiger partial charge < -0.3 is 10.2 Å². The first-order valence-corrected chi connectivity index (χ1v) is 14.9. The smallest absolute Gasteiger partial charge is 0.346 e. The van der Waals surface area contributed by atoms with Gasteiger partial charge in [0.25, 0.3) is 0 Å². The van der Waals surface area contributed by atoms with E-state index in [1.54, 1.807) is 0 Å². The van der Waals surface area contributed by atoms with Crippen LogP contribution in [-0.2, 0) is 22.7 Å². The maximum Gasteiger partial charge on any atom is 0.416 e. The minimum absolute atomic E-state index is 0.0727. The van der Waals surface area contributed by atoms with Gasteiger partial charge in [-0.3, -0.25) is 4.79 Å². The zero-order chi connectivity index (χ0) is 31.7. The SMILES string of the molecule is C[C@H](C(=O)NC1(c2ccccc2)CCC(N2CCC(c3ccc(F)cc3)CC2)CC1)c1cc(C(F)(F)F)cc(C(F)(F)F)c1. The molecular formula is C34H35F7N2O. The highest BCUT2D eigenvalue weighted by Gasteiger charge is 2.42. The first-order valence-electron chi connectivity index (χ1n) is 14.9. The van der Waals surface area contributed by atoms with Crippen LogP contribution in [0, 0.1) is 5.82 Å². The number of likely N-dealkylation sites (tertiary alicyclic amines) is 1. The van der Waals surface area contributed by atoms with E-state index in [1.807, 2.05) is 42.5 Å². The molecule has 0 unspecified atom stereocenters. The summed E-state index contributed by atoms with van der Waals surface area (Å²) in [5.41, 5.74) is -2.03. The molecule has 1 aliphatic carbocycles. The minimum Gasteiger partial charge on any atom is -0.346 e. The maximum atomic E-state index is 13.6. The highest BCUT2D eigenvalue weighted by molar-refractivity contribution is 5.84. The topological polar surface area (TPSA) is 32.3 Å². The fraction of sp³-hybridized carbons (Fsp3) is 0.441. The third-order valence-corrected chi connectivity index (χ3v) is 9.39. The van der Waals surface area contributed by atoms with Crippen molar-refractivity contribution in [2.75, 3.05) is 13.1 Å². The number of benzene rings is 3. The summed E-state index contributed by atoms with van der Waals surface area (Å²) >= 11 is 0. The highest BCUT2D eigenvalue weighted by Crippen LogP contribution is 2.42. The first kappa shape index (κ1) is 32.0. The standard InChI is InChI=1S/C34H35F7N2O/c1-22(25-19-27(33(36,37)38)21-28(20-25)34(39,40)41)31(44)42-32(26-5-3-2-4-6-26)15-11-30(12-16-32)43-17-13-24(14-18-43)23-7-9-29(35)10-8-23/h2-10,19-22,24,30H,11-18H2,1H3,(H,42,44)/t22-,30?,32?/m0/s1. The third kappa shape index (κ3) is 7.11. The fourth-order valence-electron chi connectivity index (χ4n) is 6.76. The summed E-state index contributed by atoms with van der Waals surface area (Å²) in [6.07, 6.45) is -5.39. The van der Waals surface area contributed by atoms with Gasteiger partial charge in [0.1, 0.15) is 5.82 Å². The van der Waals surface area contributed by atoms with Crippen molar-refractivity contribution >= 4 is 5.91 Å². The Morgan fingerprint density at radius 2 is 1.36 bits per heavy atom. The maximum absolute atomic E-state index is 13.6. The monoisotopic (exact) mass is 620 g/mol. The van der Waals surface area contributed by atoms with Gasteiger partial charge in [0, 0.05) is 6.04 Å². The van der Waals surface area contributed by atoms with Crippen LogP contribution in [0.1, 0.15) is 85.1 Å². The molecule has 0 spiro atoms. The van der Waals surface area contributed by atoms with Crippen molar-refractivity contribution in [3.63, 3.8) is 0 Å². The second kappa shape index (κ2) is 12.5. The number of piperidine rings is 1. The zero-order valence-corrected chi connectivity index (χ0v) is 24.3. The summed E-state index contributed by atoms with van der Waals surface area (Å²) < 4.78 is 94.3. The fourth-order valence-corrected chi connectivity index (χ4v) is 6.76. The van der Waals surface area contributed by atoms with Gasteiger partial charge in [-0.25, -0.2) is 4.39 Å². The molecule has 236 valence electrons. The number of carbonyl (C=O) groups excluding carboxylic acids is 1. The van der Waals surface area contributed by atoms with E-state index in [9.17, 15) is 35.5 Å². The van der Waals surface area contributed by atoms with Crippen LogP contribution in [0.5, 0.6) is 0 Å². The summed E-state index contributed by atoms with van der Waals surface area (Å²) in [7, 11) is 0. The summed E-state index contributed by atoms with van der Waals surface area (Å²) in [5.74, 6) is -1.76. The molecule has 1 amide bonds. The summed E-state index contributed by atoms with van der Waals surface area (Å²) in [5, 5.41) is 3.07. The van der Waals surface area contributed by atoms with Crippen molar-refractivity contribution in [1.82, 2.24) is 10.2 Å². The molecule has 44 heavy (non-hydrogen) atoms. The average Bonchev–Trinajstić information content (AvgIpc) is 3.01. The van der Waals surface area contributed by atoms with E-state index >= 15 is 0 Å². The number of hydrogen-bond acceptors (Lipinski definition) is 2. The van der Waals surface area contributed by atoms with E-state index in [2.05, 4.69) is 10.2 Å². The Balaban J connectivity index is 1.30. The lowest BCUT2D eigenvalue weighted by Gasteiger charge is -2.46. The van der Waals surface area contributed by atoms with E-state index in [-0.39, 0.29) is 23.5 Å². The van der Waals surface area contributed by atoms with Crippen molar-refractivity contribution in [3.05, 3.63) is 106 Å². The number of amides is 1. The van der Waals surface area contributed by atoms with Crippen LogP contribution in [-0.4, -0.2) is 29.9 Å². The van der Waals surface area contributed by atoms with E-state index in [0.717, 1.165) is 49.9 Å².